The Morgan fingerprint density at radius 2 is 1.81 bits per heavy atom. The largest absolute Gasteiger partial charge is 0.481 e. The van der Waals surface area contributed by atoms with Gasteiger partial charge in [0, 0.05) is 17.7 Å². The molecule has 0 aliphatic carbocycles. The molecule has 1 unspecified atom stereocenters. The molecule has 0 amide bonds. The van der Waals surface area contributed by atoms with E-state index in [0.29, 0.717) is 6.42 Å². The van der Waals surface area contributed by atoms with Crippen molar-refractivity contribution in [2.45, 2.75) is 19.3 Å². The van der Waals surface area contributed by atoms with Gasteiger partial charge in [0.05, 0.1) is 11.6 Å². The number of fused-ring (bicyclic) bond motifs is 1. The molecule has 27 heavy (non-hydrogen) atoms. The lowest BCUT2D eigenvalue weighted by Gasteiger charge is -2.12. The summed E-state index contributed by atoms with van der Waals surface area (Å²) in [4.78, 5) is 11.8. The molecule has 0 saturated carbocycles. The van der Waals surface area contributed by atoms with E-state index in [1.807, 2.05) is 55.5 Å². The van der Waals surface area contributed by atoms with E-state index < -0.39 is 11.9 Å². The van der Waals surface area contributed by atoms with E-state index in [2.05, 4.69) is 34.5 Å². The Kier molecular flexibility index (Phi) is 4.47. The summed E-state index contributed by atoms with van der Waals surface area (Å²) in [6.45, 7) is 1.97. The number of aromatic amines is 1. The molecule has 0 aliphatic heterocycles. The van der Waals surface area contributed by atoms with Gasteiger partial charge < -0.3 is 5.11 Å². The Hall–Kier alpha value is -3.40. The van der Waals surface area contributed by atoms with Crippen molar-refractivity contribution in [2.24, 2.45) is 0 Å². The van der Waals surface area contributed by atoms with Crippen LogP contribution >= 0.6 is 0 Å². The maximum absolute atomic E-state index is 11.8. The number of nitrogens with zero attached hydrogens (tertiary/aromatic N) is 1. The topological polar surface area (TPSA) is 66.0 Å². The number of carboxylic acid groups (broad SMARTS) is 1. The molecular formula is C23H20N2O2. The van der Waals surface area contributed by atoms with E-state index in [4.69, 9.17) is 0 Å². The molecule has 0 fully saturated rings. The van der Waals surface area contributed by atoms with Crippen LogP contribution < -0.4 is 0 Å². The molecule has 0 saturated heterocycles. The molecule has 1 aromatic heterocycles. The second-order valence-electron chi connectivity index (χ2n) is 6.85. The predicted molar refractivity (Wildman–Crippen MR) is 107 cm³/mol. The number of carboxylic acids is 1. The molecule has 4 nitrogen and oxygen atoms in total. The third kappa shape index (κ3) is 3.60. The van der Waals surface area contributed by atoms with E-state index in [-0.39, 0.29) is 0 Å². The highest BCUT2D eigenvalue weighted by atomic mass is 16.4. The standard InChI is InChI=1S/C23H20N2O2/c1-15-5-4-8-18(11-15)21(23(26)27)13-20-14-22(25-24-20)19-10-9-16-6-2-3-7-17(16)12-19/h2-12,14,21H,13H2,1H3,(H,24,25)(H,26,27). The molecule has 2 N–H and O–H groups in total. The molecule has 4 aromatic rings. The normalized spacial score (nSPS) is 12.2. The molecule has 0 spiro atoms. The third-order valence-electron chi connectivity index (χ3n) is 4.84. The van der Waals surface area contributed by atoms with E-state index >= 15 is 0 Å². The van der Waals surface area contributed by atoms with Crippen molar-refractivity contribution >= 4 is 16.7 Å². The zero-order valence-electron chi connectivity index (χ0n) is 15.0. The fraction of sp³-hybridized carbons (Fsp3) is 0.130. The molecule has 0 bridgehead atoms. The second-order valence-corrected chi connectivity index (χ2v) is 6.85. The molecule has 1 atom stereocenters. The van der Waals surface area contributed by atoms with Gasteiger partial charge in [-0.25, -0.2) is 0 Å². The van der Waals surface area contributed by atoms with Gasteiger partial charge in [-0.1, -0.05) is 66.2 Å². The molecular weight excluding hydrogens is 336 g/mol. The van der Waals surface area contributed by atoms with E-state index in [1.54, 1.807) is 0 Å². The van der Waals surface area contributed by atoms with Gasteiger partial charge in [0.1, 0.15) is 0 Å². The Morgan fingerprint density at radius 1 is 1.00 bits per heavy atom. The second kappa shape index (κ2) is 7.08. The zero-order chi connectivity index (χ0) is 18.8. The average molecular weight is 356 g/mol. The highest BCUT2D eigenvalue weighted by Crippen LogP contribution is 2.26. The number of nitrogens with one attached hydrogen (secondary N) is 1. The summed E-state index contributed by atoms with van der Waals surface area (Å²) in [5.74, 6) is -1.43. The summed E-state index contributed by atoms with van der Waals surface area (Å²) in [5, 5.41) is 19.4. The summed E-state index contributed by atoms with van der Waals surface area (Å²) in [5.41, 5.74) is 4.51. The van der Waals surface area contributed by atoms with Gasteiger partial charge in [-0.3, -0.25) is 9.89 Å². The van der Waals surface area contributed by atoms with Crippen molar-refractivity contribution in [2.75, 3.05) is 0 Å². The zero-order valence-corrected chi connectivity index (χ0v) is 15.0. The summed E-state index contributed by atoms with van der Waals surface area (Å²) in [6.07, 6.45) is 0.374. The number of H-pyrrole nitrogens is 1. The van der Waals surface area contributed by atoms with Crippen LogP contribution in [0.4, 0.5) is 0 Å². The van der Waals surface area contributed by atoms with Gasteiger partial charge >= 0.3 is 5.97 Å². The number of benzene rings is 3. The predicted octanol–water partition coefficient (Wildman–Crippen LogP) is 4.95. The fourth-order valence-corrected chi connectivity index (χ4v) is 3.42. The van der Waals surface area contributed by atoms with Crippen molar-refractivity contribution < 1.29 is 9.90 Å². The van der Waals surface area contributed by atoms with Gasteiger partial charge in [0.15, 0.2) is 0 Å². The first-order chi connectivity index (χ1) is 13.1. The third-order valence-corrected chi connectivity index (χ3v) is 4.84. The van der Waals surface area contributed by atoms with E-state index in [0.717, 1.165) is 33.5 Å². The highest BCUT2D eigenvalue weighted by molar-refractivity contribution is 5.86. The van der Waals surface area contributed by atoms with Crippen LogP contribution in [0.5, 0.6) is 0 Å². The lowest BCUT2D eigenvalue weighted by atomic mass is 9.93. The Balaban J connectivity index is 1.61. The number of aromatic nitrogens is 2. The summed E-state index contributed by atoms with van der Waals surface area (Å²) < 4.78 is 0. The Morgan fingerprint density at radius 3 is 2.59 bits per heavy atom. The maximum atomic E-state index is 11.8. The number of rotatable bonds is 5. The molecule has 4 rings (SSSR count). The molecule has 3 aromatic carbocycles. The first-order valence-corrected chi connectivity index (χ1v) is 8.93. The lowest BCUT2D eigenvalue weighted by molar-refractivity contribution is -0.138. The van der Waals surface area contributed by atoms with E-state index in [1.165, 1.54) is 5.39 Å². The van der Waals surface area contributed by atoms with E-state index in [9.17, 15) is 9.90 Å². The average Bonchev–Trinajstić information content (AvgIpc) is 3.14. The van der Waals surface area contributed by atoms with Crippen LogP contribution in [0.3, 0.4) is 0 Å². The highest BCUT2D eigenvalue weighted by Gasteiger charge is 2.21. The molecule has 1 heterocycles. The van der Waals surface area contributed by atoms with Crippen LogP contribution in [0, 0.1) is 6.92 Å². The fourth-order valence-electron chi connectivity index (χ4n) is 3.42. The van der Waals surface area contributed by atoms with Crippen LogP contribution in [0.15, 0.2) is 72.8 Å². The van der Waals surface area contributed by atoms with Gasteiger partial charge in [-0.05, 0) is 35.4 Å². The van der Waals surface area contributed by atoms with Gasteiger partial charge in [-0.15, -0.1) is 0 Å². The van der Waals surface area contributed by atoms with Crippen LogP contribution in [0.25, 0.3) is 22.0 Å². The number of aryl methyl sites for hydroxylation is 1. The first-order valence-electron chi connectivity index (χ1n) is 8.93. The van der Waals surface area contributed by atoms with Crippen molar-refractivity contribution in [3.8, 4) is 11.3 Å². The van der Waals surface area contributed by atoms with Gasteiger partial charge in [0.2, 0.25) is 0 Å². The summed E-state index contributed by atoms with van der Waals surface area (Å²) >= 11 is 0. The minimum absolute atomic E-state index is 0.374. The summed E-state index contributed by atoms with van der Waals surface area (Å²) in [6, 6.07) is 24.0. The number of aliphatic carboxylic acids is 1. The van der Waals surface area contributed by atoms with Crippen molar-refractivity contribution in [3.63, 3.8) is 0 Å². The Labute approximate surface area is 157 Å². The molecule has 134 valence electrons. The smallest absolute Gasteiger partial charge is 0.311 e. The Bertz CT molecular complexity index is 1110. The summed E-state index contributed by atoms with van der Waals surface area (Å²) in [7, 11) is 0. The quantitative estimate of drug-likeness (QED) is 0.532. The van der Waals surface area contributed by atoms with Crippen LogP contribution in [-0.4, -0.2) is 21.3 Å². The maximum Gasteiger partial charge on any atom is 0.311 e. The molecule has 0 aliphatic rings. The number of carbonyl (C=O) groups is 1. The molecule has 4 heteroatoms. The molecule has 0 radical (unpaired) electrons. The lowest BCUT2D eigenvalue weighted by Crippen LogP contribution is -2.14. The first kappa shape index (κ1) is 17.0. The van der Waals surface area contributed by atoms with Gasteiger partial charge in [-0.2, -0.15) is 5.10 Å². The van der Waals surface area contributed by atoms with Crippen molar-refractivity contribution in [1.82, 2.24) is 10.2 Å². The SMILES string of the molecule is Cc1cccc(C(Cc2cc(-c3ccc4ccccc4c3)n[nH]2)C(=O)O)c1. The minimum atomic E-state index is -0.831. The number of hydrogen-bond acceptors (Lipinski definition) is 2. The van der Waals surface area contributed by atoms with Crippen molar-refractivity contribution in [3.05, 3.63) is 89.6 Å². The minimum Gasteiger partial charge on any atom is -0.481 e. The van der Waals surface area contributed by atoms with Crippen LogP contribution in [0.2, 0.25) is 0 Å². The number of hydrogen-bond donors (Lipinski definition) is 2. The monoisotopic (exact) mass is 356 g/mol. The van der Waals surface area contributed by atoms with Crippen molar-refractivity contribution in [1.29, 1.82) is 0 Å². The van der Waals surface area contributed by atoms with Gasteiger partial charge in [0.25, 0.3) is 0 Å². The van der Waals surface area contributed by atoms with Crippen LogP contribution in [0.1, 0.15) is 22.7 Å². The van der Waals surface area contributed by atoms with Crippen LogP contribution in [-0.2, 0) is 11.2 Å².